The van der Waals surface area contributed by atoms with Gasteiger partial charge < -0.3 is 14.6 Å². The van der Waals surface area contributed by atoms with Gasteiger partial charge in [-0.05, 0) is 48.9 Å². The standard InChI is InChI=1S/C20H23FN2O3S/c1-25-16-3-4-18(21)19(8-16)26-17-6-13-10-23(11-14(13)7-17)12-27-20-5-2-15(24)9-22-20/h2-5,8-9,13-14,17,24H,6-7,10-12H2,1H3/t13-,14+,17?. The summed E-state index contributed by atoms with van der Waals surface area (Å²) in [6.07, 6.45) is 3.45. The van der Waals surface area contributed by atoms with Crippen molar-refractivity contribution in [1.29, 1.82) is 0 Å². The minimum absolute atomic E-state index is 0.0650. The van der Waals surface area contributed by atoms with E-state index in [1.807, 2.05) is 6.07 Å². The topological polar surface area (TPSA) is 54.8 Å². The molecule has 3 atom stereocenters. The zero-order chi connectivity index (χ0) is 18.8. The summed E-state index contributed by atoms with van der Waals surface area (Å²) in [5.74, 6) is 2.82. The molecule has 2 aromatic rings. The van der Waals surface area contributed by atoms with Gasteiger partial charge in [-0.25, -0.2) is 9.37 Å². The number of thioether (sulfide) groups is 1. The average Bonchev–Trinajstić information content (AvgIpc) is 3.21. The Morgan fingerprint density at radius 3 is 2.67 bits per heavy atom. The van der Waals surface area contributed by atoms with Gasteiger partial charge in [0.05, 0.1) is 30.3 Å². The zero-order valence-electron chi connectivity index (χ0n) is 15.2. The quantitative estimate of drug-likeness (QED) is 0.758. The molecule has 1 aliphatic heterocycles. The minimum Gasteiger partial charge on any atom is -0.506 e. The van der Waals surface area contributed by atoms with E-state index in [2.05, 4.69) is 9.88 Å². The monoisotopic (exact) mass is 390 g/mol. The van der Waals surface area contributed by atoms with Gasteiger partial charge in [-0.15, -0.1) is 0 Å². The number of rotatable bonds is 6. The number of methoxy groups -OCH3 is 1. The van der Waals surface area contributed by atoms with E-state index in [0.29, 0.717) is 17.6 Å². The van der Waals surface area contributed by atoms with Crippen LogP contribution >= 0.6 is 11.8 Å². The first-order valence-electron chi connectivity index (χ1n) is 9.11. The molecule has 5 nitrogen and oxygen atoms in total. The third-order valence-corrected chi connectivity index (χ3v) is 6.36. The van der Waals surface area contributed by atoms with E-state index in [1.54, 1.807) is 37.1 Å². The lowest BCUT2D eigenvalue weighted by Gasteiger charge is -2.19. The molecule has 2 heterocycles. The second kappa shape index (κ2) is 7.94. The van der Waals surface area contributed by atoms with Crippen molar-refractivity contribution in [3.8, 4) is 17.2 Å². The molecule has 2 fully saturated rings. The first-order valence-corrected chi connectivity index (χ1v) is 10.1. The van der Waals surface area contributed by atoms with Crippen LogP contribution in [0.15, 0.2) is 41.6 Å². The summed E-state index contributed by atoms with van der Waals surface area (Å²) in [4.78, 5) is 6.65. The molecule has 2 aliphatic rings. The lowest BCUT2D eigenvalue weighted by Crippen LogP contribution is -2.24. The molecule has 27 heavy (non-hydrogen) atoms. The van der Waals surface area contributed by atoms with Crippen LogP contribution in [0, 0.1) is 17.7 Å². The molecule has 1 unspecified atom stereocenters. The highest BCUT2D eigenvalue weighted by Gasteiger charge is 2.41. The van der Waals surface area contributed by atoms with Crippen molar-refractivity contribution in [2.45, 2.75) is 24.0 Å². The first kappa shape index (κ1) is 18.4. The summed E-state index contributed by atoms with van der Waals surface area (Å²) in [7, 11) is 1.57. The van der Waals surface area contributed by atoms with E-state index in [0.717, 1.165) is 36.8 Å². The molecule has 0 spiro atoms. The van der Waals surface area contributed by atoms with Crippen LogP contribution in [0.25, 0.3) is 0 Å². The molecular weight excluding hydrogens is 367 g/mol. The number of ether oxygens (including phenoxy) is 2. The number of benzene rings is 1. The molecule has 1 aromatic carbocycles. The van der Waals surface area contributed by atoms with Crippen molar-refractivity contribution in [3.63, 3.8) is 0 Å². The molecule has 144 valence electrons. The summed E-state index contributed by atoms with van der Waals surface area (Å²) >= 11 is 1.68. The number of pyridine rings is 1. The summed E-state index contributed by atoms with van der Waals surface area (Å²) in [5, 5.41) is 10.2. The second-order valence-corrected chi connectivity index (χ2v) is 8.16. The fourth-order valence-electron chi connectivity index (χ4n) is 4.04. The SMILES string of the molecule is COc1ccc(F)c(OC2C[C@@H]3CN(CSc4ccc(O)cn4)C[C@@H]3C2)c1. The van der Waals surface area contributed by atoms with Crippen LogP contribution < -0.4 is 9.47 Å². The lowest BCUT2D eigenvalue weighted by atomic mass is 10.0. The fourth-order valence-corrected chi connectivity index (χ4v) is 4.86. The van der Waals surface area contributed by atoms with Crippen molar-refractivity contribution in [2.24, 2.45) is 11.8 Å². The predicted octanol–water partition coefficient (Wildman–Crippen LogP) is 3.77. The average molecular weight is 390 g/mol. The second-order valence-electron chi connectivity index (χ2n) is 7.19. The van der Waals surface area contributed by atoms with Crippen molar-refractivity contribution in [3.05, 3.63) is 42.3 Å². The fraction of sp³-hybridized carbons (Fsp3) is 0.450. The lowest BCUT2D eigenvalue weighted by molar-refractivity contribution is 0.181. The minimum atomic E-state index is -0.340. The van der Waals surface area contributed by atoms with Gasteiger partial charge in [0.15, 0.2) is 11.6 Å². The Hall–Kier alpha value is -1.99. The van der Waals surface area contributed by atoms with Crippen molar-refractivity contribution < 1.29 is 19.0 Å². The van der Waals surface area contributed by atoms with Gasteiger partial charge in [-0.1, -0.05) is 11.8 Å². The number of aromatic hydroxyl groups is 1. The number of fused-ring (bicyclic) bond motifs is 1. The number of aromatic nitrogens is 1. The number of halogens is 1. The Morgan fingerprint density at radius 1 is 1.22 bits per heavy atom. The molecule has 7 heteroatoms. The van der Waals surface area contributed by atoms with Crippen LogP contribution in [-0.4, -0.2) is 47.2 Å². The molecule has 0 bridgehead atoms. The maximum atomic E-state index is 14.0. The normalized spacial score (nSPS) is 24.7. The highest BCUT2D eigenvalue weighted by atomic mass is 32.2. The Labute approximate surface area is 162 Å². The van der Waals surface area contributed by atoms with E-state index >= 15 is 0 Å². The Balaban J connectivity index is 1.27. The van der Waals surface area contributed by atoms with Crippen LogP contribution in [0.1, 0.15) is 12.8 Å². The van der Waals surface area contributed by atoms with E-state index in [1.165, 1.54) is 12.3 Å². The van der Waals surface area contributed by atoms with Crippen LogP contribution in [0.4, 0.5) is 4.39 Å². The molecule has 4 rings (SSSR count). The molecule has 1 aromatic heterocycles. The van der Waals surface area contributed by atoms with E-state index in [-0.39, 0.29) is 23.4 Å². The van der Waals surface area contributed by atoms with Gasteiger partial charge >= 0.3 is 0 Å². The van der Waals surface area contributed by atoms with Crippen LogP contribution in [-0.2, 0) is 0 Å². The van der Waals surface area contributed by atoms with E-state index in [9.17, 15) is 9.50 Å². The summed E-state index contributed by atoms with van der Waals surface area (Å²) < 4.78 is 25.1. The maximum absolute atomic E-state index is 14.0. The number of nitrogens with zero attached hydrogens (tertiary/aromatic N) is 2. The molecule has 1 N–H and O–H groups in total. The van der Waals surface area contributed by atoms with Gasteiger partial charge in [-0.2, -0.15) is 0 Å². The highest BCUT2D eigenvalue weighted by molar-refractivity contribution is 7.99. The van der Waals surface area contributed by atoms with Gasteiger partial charge in [-0.3, -0.25) is 4.90 Å². The molecule has 1 saturated heterocycles. The van der Waals surface area contributed by atoms with Crippen LogP contribution in [0.5, 0.6) is 17.2 Å². The molecule has 1 saturated carbocycles. The zero-order valence-corrected chi connectivity index (χ0v) is 16.0. The molecular formula is C20H23FN2O3S. The summed E-state index contributed by atoms with van der Waals surface area (Å²) in [6.45, 7) is 2.08. The predicted molar refractivity (Wildman–Crippen MR) is 102 cm³/mol. The summed E-state index contributed by atoms with van der Waals surface area (Å²) in [6, 6.07) is 8.11. The van der Waals surface area contributed by atoms with Gasteiger partial charge in [0.1, 0.15) is 11.5 Å². The van der Waals surface area contributed by atoms with Crippen molar-refractivity contribution in [2.75, 3.05) is 26.1 Å². The third-order valence-electron chi connectivity index (χ3n) is 5.33. The van der Waals surface area contributed by atoms with Crippen LogP contribution in [0.3, 0.4) is 0 Å². The Morgan fingerprint density at radius 2 is 2.00 bits per heavy atom. The molecule has 0 amide bonds. The molecule has 0 radical (unpaired) electrons. The molecule has 1 aliphatic carbocycles. The third kappa shape index (κ3) is 4.30. The largest absolute Gasteiger partial charge is 0.506 e. The van der Waals surface area contributed by atoms with E-state index in [4.69, 9.17) is 9.47 Å². The van der Waals surface area contributed by atoms with Gasteiger partial charge in [0.25, 0.3) is 0 Å². The first-order chi connectivity index (χ1) is 13.1. The Bertz CT molecular complexity index is 775. The van der Waals surface area contributed by atoms with Crippen molar-refractivity contribution in [1.82, 2.24) is 9.88 Å². The summed E-state index contributed by atoms with van der Waals surface area (Å²) in [5.41, 5.74) is 0. The number of hydrogen-bond acceptors (Lipinski definition) is 6. The highest BCUT2D eigenvalue weighted by Crippen LogP contribution is 2.41. The number of likely N-dealkylation sites (tertiary alicyclic amines) is 1. The van der Waals surface area contributed by atoms with E-state index < -0.39 is 0 Å². The maximum Gasteiger partial charge on any atom is 0.165 e. The number of hydrogen-bond donors (Lipinski definition) is 1. The van der Waals surface area contributed by atoms with Gasteiger partial charge in [0.2, 0.25) is 0 Å². The smallest absolute Gasteiger partial charge is 0.165 e. The van der Waals surface area contributed by atoms with Crippen LogP contribution in [0.2, 0.25) is 0 Å². The Kier molecular flexibility index (Phi) is 5.41. The van der Waals surface area contributed by atoms with Crippen molar-refractivity contribution >= 4 is 11.8 Å². The van der Waals surface area contributed by atoms with Gasteiger partial charge in [0, 0.05) is 19.2 Å².